The van der Waals surface area contributed by atoms with Gasteiger partial charge in [0.2, 0.25) is 0 Å². The topological polar surface area (TPSA) is 69.6 Å². The maximum atomic E-state index is 6.23. The molecule has 0 radical (unpaired) electrons. The van der Waals surface area contributed by atoms with Gasteiger partial charge in [-0.2, -0.15) is 0 Å². The number of nitrogens with zero attached hydrogens (tertiary/aromatic N) is 5. The zero-order valence-electron chi connectivity index (χ0n) is 31.5. The monoisotopic (exact) mass is 773 g/mol. The fourth-order valence-corrected chi connectivity index (χ4v) is 9.54. The zero-order chi connectivity index (χ0) is 38.9. The first-order valence-corrected chi connectivity index (χ1v) is 20.4. The van der Waals surface area contributed by atoms with Gasteiger partial charge in [-0.3, -0.25) is 4.57 Å². The lowest BCUT2D eigenvalue weighted by Gasteiger charge is -2.10. The number of benzene rings is 8. The highest BCUT2D eigenvalue weighted by Gasteiger charge is 2.20. The van der Waals surface area contributed by atoms with Crippen molar-refractivity contribution in [2.75, 3.05) is 0 Å². The first-order valence-electron chi connectivity index (χ1n) is 19.5. The summed E-state index contributed by atoms with van der Waals surface area (Å²) in [7, 11) is 0. The molecule has 0 saturated heterocycles. The van der Waals surface area contributed by atoms with Gasteiger partial charge in [0.25, 0.3) is 0 Å². The Labute approximate surface area is 342 Å². The van der Waals surface area contributed by atoms with Crippen LogP contribution in [0.5, 0.6) is 0 Å². The molecule has 4 heterocycles. The largest absolute Gasteiger partial charge is 0.456 e. The van der Waals surface area contributed by atoms with Crippen molar-refractivity contribution in [1.29, 1.82) is 0 Å². The fourth-order valence-electron chi connectivity index (χ4n) is 8.32. The van der Waals surface area contributed by atoms with Crippen molar-refractivity contribution >= 4 is 64.5 Å². The van der Waals surface area contributed by atoms with Gasteiger partial charge in [0, 0.05) is 58.9 Å². The van der Waals surface area contributed by atoms with Crippen LogP contribution >= 0.6 is 11.3 Å². The van der Waals surface area contributed by atoms with E-state index in [0.717, 1.165) is 72.3 Å². The maximum Gasteiger partial charge on any atom is 0.164 e. The Kier molecular flexibility index (Phi) is 7.61. The normalized spacial score (nSPS) is 11.7. The lowest BCUT2D eigenvalue weighted by molar-refractivity contribution is 0.669. The van der Waals surface area contributed by atoms with Gasteiger partial charge < -0.3 is 4.42 Å². The van der Waals surface area contributed by atoms with Crippen molar-refractivity contribution in [3.63, 3.8) is 0 Å². The van der Waals surface area contributed by atoms with Gasteiger partial charge in [-0.1, -0.05) is 133 Å². The van der Waals surface area contributed by atoms with E-state index >= 15 is 0 Å². The van der Waals surface area contributed by atoms with Crippen molar-refractivity contribution in [1.82, 2.24) is 24.5 Å². The van der Waals surface area contributed by atoms with E-state index in [0.29, 0.717) is 17.5 Å². The lowest BCUT2D eigenvalue weighted by atomic mass is 10.0. The SMILES string of the molecule is c1ccc(-c2nc(-c3ccc(-c4cccc5c4sc4ccc(-c6nc7ccccc7n6-c6ccccc6)cc45)cc3)nc(-c3cccc4oc5ccccc5c34)n2)cc1. The Morgan fingerprint density at radius 3 is 1.90 bits per heavy atom. The Bertz CT molecular complexity index is 3550. The van der Waals surface area contributed by atoms with Crippen LogP contribution in [0.3, 0.4) is 0 Å². The zero-order valence-corrected chi connectivity index (χ0v) is 32.3. The van der Waals surface area contributed by atoms with Crippen LogP contribution in [0.25, 0.3) is 116 Å². The van der Waals surface area contributed by atoms with E-state index in [2.05, 4.69) is 120 Å². The second-order valence-electron chi connectivity index (χ2n) is 14.6. The third kappa shape index (κ3) is 5.55. The average molecular weight is 774 g/mol. The van der Waals surface area contributed by atoms with Crippen LogP contribution < -0.4 is 0 Å². The number of hydrogen-bond donors (Lipinski definition) is 0. The minimum absolute atomic E-state index is 0.601. The molecule has 12 aromatic rings. The van der Waals surface area contributed by atoms with Crippen molar-refractivity contribution in [3.05, 3.63) is 188 Å². The highest BCUT2D eigenvalue weighted by molar-refractivity contribution is 7.26. The first kappa shape index (κ1) is 33.4. The van der Waals surface area contributed by atoms with Crippen molar-refractivity contribution in [2.45, 2.75) is 0 Å². The lowest BCUT2D eigenvalue weighted by Crippen LogP contribution is -2.00. The van der Waals surface area contributed by atoms with Gasteiger partial charge in [-0.25, -0.2) is 19.9 Å². The van der Waals surface area contributed by atoms with Gasteiger partial charge in [-0.15, -0.1) is 11.3 Å². The summed E-state index contributed by atoms with van der Waals surface area (Å²) in [4.78, 5) is 20.3. The molecule has 4 aromatic heterocycles. The van der Waals surface area contributed by atoms with Crippen LogP contribution in [0.2, 0.25) is 0 Å². The molecule has 0 bridgehead atoms. The molecule has 0 amide bonds. The maximum absolute atomic E-state index is 6.23. The Morgan fingerprint density at radius 1 is 0.424 bits per heavy atom. The molecular formula is C52H31N5OS. The second kappa shape index (κ2) is 13.4. The molecule has 0 saturated carbocycles. The molecule has 0 atom stereocenters. The molecule has 0 aliphatic rings. The molecule has 0 aliphatic heterocycles. The van der Waals surface area contributed by atoms with Crippen LogP contribution in [0.15, 0.2) is 192 Å². The number of imidazole rings is 1. The average Bonchev–Trinajstić information content (AvgIpc) is 4.01. The summed E-state index contributed by atoms with van der Waals surface area (Å²) in [5.74, 6) is 2.76. The fraction of sp³-hybridized carbons (Fsp3) is 0. The first-order chi connectivity index (χ1) is 29.2. The minimum Gasteiger partial charge on any atom is -0.456 e. The Hall–Kier alpha value is -7.74. The predicted octanol–water partition coefficient (Wildman–Crippen LogP) is 13.8. The number of aromatic nitrogens is 5. The number of rotatable bonds is 6. The molecule has 0 N–H and O–H groups in total. The number of thiophene rings is 1. The molecule has 6 nitrogen and oxygen atoms in total. The van der Waals surface area contributed by atoms with Gasteiger partial charge in [0.05, 0.1) is 11.0 Å². The molecular weight excluding hydrogens is 743 g/mol. The van der Waals surface area contributed by atoms with E-state index < -0.39 is 0 Å². The van der Waals surface area contributed by atoms with Crippen LogP contribution in [-0.4, -0.2) is 24.5 Å². The summed E-state index contributed by atoms with van der Waals surface area (Å²) < 4.78 is 11.0. The minimum atomic E-state index is 0.601. The highest BCUT2D eigenvalue weighted by Crippen LogP contribution is 2.42. The van der Waals surface area contributed by atoms with Gasteiger partial charge in [-0.05, 0) is 65.7 Å². The predicted molar refractivity (Wildman–Crippen MR) is 242 cm³/mol. The Morgan fingerprint density at radius 2 is 1.05 bits per heavy atom. The van der Waals surface area contributed by atoms with Gasteiger partial charge in [0.1, 0.15) is 17.0 Å². The van der Waals surface area contributed by atoms with E-state index in [-0.39, 0.29) is 0 Å². The van der Waals surface area contributed by atoms with E-state index in [1.165, 1.54) is 25.7 Å². The number of furan rings is 1. The van der Waals surface area contributed by atoms with Crippen LogP contribution in [0, 0.1) is 0 Å². The molecule has 0 unspecified atom stereocenters. The van der Waals surface area contributed by atoms with Crippen molar-refractivity contribution in [3.8, 4) is 62.4 Å². The van der Waals surface area contributed by atoms with Crippen molar-refractivity contribution < 1.29 is 4.42 Å². The van der Waals surface area contributed by atoms with Gasteiger partial charge in [0.15, 0.2) is 17.5 Å². The number of para-hydroxylation sites is 4. The van der Waals surface area contributed by atoms with Crippen LogP contribution in [0.1, 0.15) is 0 Å². The van der Waals surface area contributed by atoms with E-state index in [4.69, 9.17) is 24.4 Å². The third-order valence-electron chi connectivity index (χ3n) is 11.1. The quantitative estimate of drug-likeness (QED) is 0.168. The molecule has 0 spiro atoms. The molecule has 8 aromatic carbocycles. The standard InChI is InChI=1S/C52H31N5OS/c1-3-13-33(14-4-1)49-54-50(56-51(55-49)40-20-12-24-45-47(40)39-17-7-10-23-44(39)58-45)34-27-25-32(26-28-34)37-18-11-19-38-41-31-35(29-30-46(41)59-48(37)38)52-53-42-21-8-9-22-43(42)57(52)36-15-5-2-6-16-36/h1-31H. The van der Waals surface area contributed by atoms with Crippen molar-refractivity contribution in [2.24, 2.45) is 0 Å². The second-order valence-corrected chi connectivity index (χ2v) is 15.7. The van der Waals surface area contributed by atoms with Crippen LogP contribution in [0.4, 0.5) is 0 Å². The van der Waals surface area contributed by atoms with E-state index in [9.17, 15) is 0 Å². The summed E-state index contributed by atoms with van der Waals surface area (Å²) in [5.41, 5.74) is 10.9. The Balaban J connectivity index is 0.955. The summed E-state index contributed by atoms with van der Waals surface area (Å²) in [5, 5.41) is 4.47. The molecule has 59 heavy (non-hydrogen) atoms. The van der Waals surface area contributed by atoms with E-state index in [1.807, 2.05) is 84.1 Å². The smallest absolute Gasteiger partial charge is 0.164 e. The molecule has 0 fully saturated rings. The highest BCUT2D eigenvalue weighted by atomic mass is 32.1. The molecule has 7 heteroatoms. The van der Waals surface area contributed by atoms with E-state index in [1.54, 1.807) is 0 Å². The summed E-state index contributed by atoms with van der Waals surface area (Å²) in [6.07, 6.45) is 0. The molecule has 0 aliphatic carbocycles. The summed E-state index contributed by atoms with van der Waals surface area (Å²) >= 11 is 1.83. The third-order valence-corrected chi connectivity index (χ3v) is 12.3. The number of fused-ring (bicyclic) bond motifs is 7. The molecule has 276 valence electrons. The molecule has 12 rings (SSSR count). The summed E-state index contributed by atoms with van der Waals surface area (Å²) in [6.45, 7) is 0. The summed E-state index contributed by atoms with van der Waals surface area (Å²) in [6, 6.07) is 65.0. The van der Waals surface area contributed by atoms with Gasteiger partial charge >= 0.3 is 0 Å². The number of hydrogen-bond acceptors (Lipinski definition) is 6. The van der Waals surface area contributed by atoms with Crippen LogP contribution in [-0.2, 0) is 0 Å².